The Morgan fingerprint density at radius 1 is 1.39 bits per heavy atom. The van der Waals surface area contributed by atoms with Crippen LogP contribution in [0.15, 0.2) is 9.59 Å². The van der Waals surface area contributed by atoms with E-state index >= 15 is 0 Å². The van der Waals surface area contributed by atoms with Crippen LogP contribution in [0.25, 0.3) is 0 Å². The predicted molar refractivity (Wildman–Crippen MR) is 74.0 cm³/mol. The minimum absolute atomic E-state index is 0.0617. The van der Waals surface area contributed by atoms with Gasteiger partial charge in [0, 0.05) is 29.4 Å². The number of aromatic nitrogens is 2. The molecule has 0 fully saturated rings. The molecule has 102 valence electrons. The van der Waals surface area contributed by atoms with E-state index in [0.29, 0.717) is 17.7 Å². The third-order valence-electron chi connectivity index (χ3n) is 2.56. The van der Waals surface area contributed by atoms with Crippen molar-refractivity contribution in [2.45, 2.75) is 32.7 Å². The molecule has 0 aliphatic heterocycles. The van der Waals surface area contributed by atoms with Crippen molar-refractivity contribution in [2.24, 2.45) is 0 Å². The van der Waals surface area contributed by atoms with Crippen molar-refractivity contribution in [3.8, 4) is 0 Å². The lowest BCUT2D eigenvalue weighted by Gasteiger charge is -2.10. The zero-order valence-corrected chi connectivity index (χ0v) is 12.2. The Labute approximate surface area is 113 Å². The van der Waals surface area contributed by atoms with Crippen molar-refractivity contribution in [2.75, 3.05) is 12.0 Å². The quantitative estimate of drug-likeness (QED) is 0.826. The first-order chi connectivity index (χ1) is 8.34. The molecule has 0 spiro atoms. The average molecular weight is 293 g/mol. The summed E-state index contributed by atoms with van der Waals surface area (Å²) in [7, 11) is -0.925. The monoisotopic (exact) mass is 292 g/mol. The molecule has 1 rings (SSSR count). The maximum absolute atomic E-state index is 12.1. The van der Waals surface area contributed by atoms with Gasteiger partial charge in [-0.15, -0.1) is 0 Å². The molecule has 1 unspecified atom stereocenters. The largest absolute Gasteiger partial charge is 0.329 e. The first-order valence-electron chi connectivity index (χ1n) is 5.67. The Hall–Kier alpha value is -0.880. The summed E-state index contributed by atoms with van der Waals surface area (Å²) in [5.41, 5.74) is -0.467. The van der Waals surface area contributed by atoms with E-state index in [1.165, 1.54) is 0 Å². The third-order valence-corrected chi connectivity index (χ3v) is 3.73. The summed E-state index contributed by atoms with van der Waals surface area (Å²) in [5.74, 6) is 0.402. The van der Waals surface area contributed by atoms with Gasteiger partial charge >= 0.3 is 5.69 Å². The summed E-state index contributed by atoms with van der Waals surface area (Å²) in [6, 6.07) is 0. The van der Waals surface area contributed by atoms with Crippen LogP contribution >= 0.6 is 11.6 Å². The molecule has 0 aliphatic rings. The molecular weight excluding hydrogens is 276 g/mol. The molecule has 0 saturated carbocycles. The van der Waals surface area contributed by atoms with Crippen molar-refractivity contribution < 1.29 is 4.21 Å². The highest BCUT2D eigenvalue weighted by molar-refractivity contribution is 7.84. The molecule has 0 bridgehead atoms. The molecule has 18 heavy (non-hydrogen) atoms. The van der Waals surface area contributed by atoms with Crippen molar-refractivity contribution >= 4 is 22.4 Å². The fourth-order valence-corrected chi connectivity index (χ4v) is 2.61. The Morgan fingerprint density at radius 3 is 2.50 bits per heavy atom. The van der Waals surface area contributed by atoms with E-state index in [4.69, 9.17) is 11.6 Å². The smallest absolute Gasteiger partial charge is 0.297 e. The highest BCUT2D eigenvalue weighted by Gasteiger charge is 2.15. The van der Waals surface area contributed by atoms with Crippen molar-refractivity contribution in [1.82, 2.24) is 9.55 Å². The van der Waals surface area contributed by atoms with Crippen molar-refractivity contribution in [3.05, 3.63) is 31.6 Å². The van der Waals surface area contributed by atoms with Gasteiger partial charge in [0.25, 0.3) is 5.56 Å². The summed E-state index contributed by atoms with van der Waals surface area (Å²) in [6.45, 7) is 3.93. The number of nitrogens with one attached hydrogen (secondary N) is 1. The minimum Gasteiger partial charge on any atom is -0.297 e. The van der Waals surface area contributed by atoms with E-state index in [1.807, 2.05) is 13.8 Å². The van der Waals surface area contributed by atoms with Crippen LogP contribution in [0.1, 0.15) is 31.7 Å². The van der Waals surface area contributed by atoms with E-state index in [-0.39, 0.29) is 23.2 Å². The SMILES string of the molecule is CC(C)c1c(Cl)[nH]c(=O)n(CCCS(C)=O)c1=O. The molecule has 1 heterocycles. The Bertz CT molecular complexity index is 562. The van der Waals surface area contributed by atoms with E-state index in [0.717, 1.165) is 4.57 Å². The fraction of sp³-hybridized carbons (Fsp3) is 0.636. The highest BCUT2D eigenvalue weighted by atomic mass is 35.5. The van der Waals surface area contributed by atoms with Gasteiger partial charge in [-0.1, -0.05) is 25.4 Å². The fourth-order valence-electron chi connectivity index (χ4n) is 1.69. The first-order valence-corrected chi connectivity index (χ1v) is 7.77. The van der Waals surface area contributed by atoms with Gasteiger partial charge < -0.3 is 0 Å². The molecule has 1 aromatic rings. The van der Waals surface area contributed by atoms with Crippen LogP contribution in [-0.2, 0) is 17.3 Å². The summed E-state index contributed by atoms with van der Waals surface area (Å²) in [5, 5.41) is 0.107. The Kier molecular flexibility index (Phi) is 5.34. The van der Waals surface area contributed by atoms with Gasteiger partial charge in [-0.3, -0.25) is 18.6 Å². The van der Waals surface area contributed by atoms with Gasteiger partial charge in [-0.2, -0.15) is 0 Å². The predicted octanol–water partition coefficient (Wildman–Crippen LogP) is 1.08. The average Bonchev–Trinajstić information content (AvgIpc) is 2.21. The maximum atomic E-state index is 12.1. The summed E-state index contributed by atoms with van der Waals surface area (Å²) < 4.78 is 12.1. The number of halogens is 1. The molecule has 1 N–H and O–H groups in total. The van der Waals surface area contributed by atoms with E-state index in [1.54, 1.807) is 6.26 Å². The number of hydrogen-bond donors (Lipinski definition) is 1. The number of nitrogens with zero attached hydrogens (tertiary/aromatic N) is 1. The second kappa shape index (κ2) is 6.33. The number of H-pyrrole nitrogens is 1. The van der Waals surface area contributed by atoms with Gasteiger partial charge in [0.15, 0.2) is 0 Å². The summed E-state index contributed by atoms with van der Waals surface area (Å²) in [4.78, 5) is 26.2. The second-order valence-electron chi connectivity index (χ2n) is 4.40. The Morgan fingerprint density at radius 2 is 2.00 bits per heavy atom. The molecule has 0 saturated heterocycles. The molecule has 0 aliphatic carbocycles. The summed E-state index contributed by atoms with van der Waals surface area (Å²) >= 11 is 5.87. The van der Waals surface area contributed by atoms with Gasteiger partial charge in [-0.05, 0) is 12.3 Å². The molecule has 5 nitrogen and oxygen atoms in total. The van der Waals surface area contributed by atoms with Crippen LogP contribution in [0.3, 0.4) is 0 Å². The number of aromatic amines is 1. The van der Waals surface area contributed by atoms with Crippen LogP contribution < -0.4 is 11.2 Å². The molecule has 1 atom stereocenters. The van der Waals surface area contributed by atoms with Gasteiger partial charge in [0.05, 0.1) is 5.56 Å². The first kappa shape index (κ1) is 15.2. The molecule has 0 amide bonds. The normalized spacial score (nSPS) is 12.9. The van der Waals surface area contributed by atoms with Gasteiger partial charge in [0.2, 0.25) is 0 Å². The van der Waals surface area contributed by atoms with E-state index < -0.39 is 16.5 Å². The highest BCUT2D eigenvalue weighted by Crippen LogP contribution is 2.16. The topological polar surface area (TPSA) is 71.9 Å². The number of rotatable bonds is 5. The van der Waals surface area contributed by atoms with E-state index in [2.05, 4.69) is 4.98 Å². The van der Waals surface area contributed by atoms with Crippen LogP contribution in [0.4, 0.5) is 0 Å². The zero-order chi connectivity index (χ0) is 13.9. The van der Waals surface area contributed by atoms with Crippen LogP contribution in [-0.4, -0.2) is 25.8 Å². The minimum atomic E-state index is -0.925. The lowest BCUT2D eigenvalue weighted by atomic mass is 10.1. The van der Waals surface area contributed by atoms with Gasteiger partial charge in [-0.25, -0.2) is 4.79 Å². The molecule has 0 radical (unpaired) electrons. The van der Waals surface area contributed by atoms with Crippen LogP contribution in [0.2, 0.25) is 5.15 Å². The van der Waals surface area contributed by atoms with Crippen molar-refractivity contribution in [1.29, 1.82) is 0 Å². The standard InChI is InChI=1S/C11H17ClN2O3S/c1-7(2)8-9(12)13-11(16)14(10(8)15)5-4-6-18(3)17/h7H,4-6H2,1-3H3,(H,13,16). The molecule has 0 aromatic carbocycles. The molecule has 1 aromatic heterocycles. The lowest BCUT2D eigenvalue weighted by molar-refractivity contribution is 0.599. The van der Waals surface area contributed by atoms with E-state index in [9.17, 15) is 13.8 Å². The molecule has 7 heteroatoms. The third kappa shape index (κ3) is 3.55. The maximum Gasteiger partial charge on any atom is 0.329 e. The van der Waals surface area contributed by atoms with Crippen LogP contribution in [0.5, 0.6) is 0 Å². The second-order valence-corrected chi connectivity index (χ2v) is 6.33. The number of hydrogen-bond acceptors (Lipinski definition) is 3. The lowest BCUT2D eigenvalue weighted by Crippen LogP contribution is -2.38. The molecular formula is C11H17ClN2O3S. The van der Waals surface area contributed by atoms with Crippen molar-refractivity contribution in [3.63, 3.8) is 0 Å². The zero-order valence-electron chi connectivity index (χ0n) is 10.7. The van der Waals surface area contributed by atoms with Gasteiger partial charge in [0.1, 0.15) is 5.15 Å². The van der Waals surface area contributed by atoms with Crippen LogP contribution in [0, 0.1) is 0 Å². The Balaban J connectivity index is 3.12. The summed E-state index contributed by atoms with van der Waals surface area (Å²) in [6.07, 6.45) is 2.11.